The van der Waals surface area contributed by atoms with E-state index in [9.17, 15) is 0 Å². The number of thiazole rings is 1. The summed E-state index contributed by atoms with van der Waals surface area (Å²) in [5.41, 5.74) is 3.09. The molecule has 0 radical (unpaired) electrons. The molecule has 7 heteroatoms. The Morgan fingerprint density at radius 3 is 2.79 bits per heavy atom. The molecule has 4 rings (SSSR count). The Hall–Kier alpha value is -2.38. The first-order valence-corrected chi connectivity index (χ1v) is 9.16. The second kappa shape index (κ2) is 6.62. The summed E-state index contributed by atoms with van der Waals surface area (Å²) in [7, 11) is 0. The van der Waals surface area contributed by atoms with Crippen LogP contribution in [0, 0.1) is 6.92 Å². The molecule has 0 aliphatic carbocycles. The molecule has 0 aliphatic heterocycles. The lowest BCUT2D eigenvalue weighted by atomic mass is 10.1. The van der Waals surface area contributed by atoms with Crippen molar-refractivity contribution >= 4 is 23.1 Å². The van der Waals surface area contributed by atoms with Gasteiger partial charge in [-0.2, -0.15) is 0 Å². The summed E-state index contributed by atoms with van der Waals surface area (Å²) in [5.74, 6) is 2.00. The molecule has 3 aromatic heterocycles. The van der Waals surface area contributed by atoms with E-state index in [2.05, 4.69) is 15.2 Å². The first-order chi connectivity index (χ1) is 11.8. The van der Waals surface area contributed by atoms with Gasteiger partial charge in [0.15, 0.2) is 10.8 Å². The third-order valence-corrected chi connectivity index (χ3v) is 5.09. The number of benzene rings is 1. The van der Waals surface area contributed by atoms with E-state index in [1.807, 2.05) is 48.7 Å². The van der Waals surface area contributed by atoms with Crippen molar-refractivity contribution in [1.29, 1.82) is 0 Å². The smallest absolute Gasteiger partial charge is 0.277 e. The number of aryl methyl sites for hydroxylation is 1. The van der Waals surface area contributed by atoms with Crippen molar-refractivity contribution in [3.05, 3.63) is 59.3 Å². The average Bonchev–Trinajstić information content (AvgIpc) is 3.34. The van der Waals surface area contributed by atoms with Crippen LogP contribution >= 0.6 is 23.1 Å². The van der Waals surface area contributed by atoms with Gasteiger partial charge in [-0.15, -0.1) is 21.5 Å². The SMILES string of the molecule is Cc1ccc(-c2nnc(SCc3csc(-c4ccco4)n3)o2)cc1. The topological polar surface area (TPSA) is 65.0 Å². The Balaban J connectivity index is 1.42. The van der Waals surface area contributed by atoms with E-state index >= 15 is 0 Å². The van der Waals surface area contributed by atoms with Gasteiger partial charge in [0, 0.05) is 16.7 Å². The molecule has 0 bridgehead atoms. The zero-order chi connectivity index (χ0) is 16.4. The average molecular weight is 355 g/mol. The second-order valence-corrected chi connectivity index (χ2v) is 6.93. The molecule has 0 amide bonds. The summed E-state index contributed by atoms with van der Waals surface area (Å²) in [6.07, 6.45) is 1.65. The summed E-state index contributed by atoms with van der Waals surface area (Å²) >= 11 is 3.04. The normalized spacial score (nSPS) is 11.0. The molecule has 0 unspecified atom stereocenters. The fraction of sp³-hybridized carbons (Fsp3) is 0.118. The molecule has 3 heterocycles. The van der Waals surface area contributed by atoms with E-state index in [0.29, 0.717) is 16.9 Å². The van der Waals surface area contributed by atoms with Gasteiger partial charge in [-0.3, -0.25) is 0 Å². The van der Waals surface area contributed by atoms with Crippen LogP contribution in [0.2, 0.25) is 0 Å². The highest BCUT2D eigenvalue weighted by Crippen LogP contribution is 2.29. The van der Waals surface area contributed by atoms with Crippen LogP contribution in [0.25, 0.3) is 22.2 Å². The van der Waals surface area contributed by atoms with Crippen molar-refractivity contribution in [1.82, 2.24) is 15.2 Å². The summed E-state index contributed by atoms with van der Waals surface area (Å²) in [6, 6.07) is 11.8. The number of furan rings is 1. The molecule has 0 fully saturated rings. The Kier molecular flexibility index (Phi) is 4.18. The van der Waals surface area contributed by atoms with Crippen LogP contribution < -0.4 is 0 Å². The molecule has 0 spiro atoms. The van der Waals surface area contributed by atoms with E-state index < -0.39 is 0 Å². The fourth-order valence-corrected chi connectivity index (χ4v) is 3.65. The van der Waals surface area contributed by atoms with Gasteiger partial charge >= 0.3 is 0 Å². The third kappa shape index (κ3) is 3.27. The maximum Gasteiger partial charge on any atom is 0.277 e. The van der Waals surface area contributed by atoms with Crippen LogP contribution in [0.5, 0.6) is 0 Å². The van der Waals surface area contributed by atoms with E-state index in [4.69, 9.17) is 8.83 Å². The number of aromatic nitrogens is 3. The van der Waals surface area contributed by atoms with Gasteiger partial charge in [-0.05, 0) is 31.2 Å². The van der Waals surface area contributed by atoms with Crippen LogP contribution in [0.3, 0.4) is 0 Å². The molecule has 120 valence electrons. The summed E-state index contributed by atoms with van der Waals surface area (Å²) in [6.45, 7) is 2.05. The summed E-state index contributed by atoms with van der Waals surface area (Å²) in [5, 5.41) is 11.6. The van der Waals surface area contributed by atoms with E-state index in [1.165, 1.54) is 17.3 Å². The lowest BCUT2D eigenvalue weighted by molar-refractivity contribution is 0.466. The number of thioether (sulfide) groups is 1. The van der Waals surface area contributed by atoms with Crippen molar-refractivity contribution in [2.24, 2.45) is 0 Å². The van der Waals surface area contributed by atoms with Gasteiger partial charge in [0.2, 0.25) is 5.89 Å². The Morgan fingerprint density at radius 2 is 2.00 bits per heavy atom. The standard InChI is InChI=1S/C17H13N3O2S2/c1-11-4-6-12(7-5-11)15-19-20-17(22-15)24-10-13-9-23-16(18-13)14-3-2-8-21-14/h2-9H,10H2,1H3. The van der Waals surface area contributed by atoms with Gasteiger partial charge in [0.25, 0.3) is 5.22 Å². The van der Waals surface area contributed by atoms with Crippen LogP contribution in [0.1, 0.15) is 11.3 Å². The van der Waals surface area contributed by atoms with Gasteiger partial charge in [-0.1, -0.05) is 29.5 Å². The maximum atomic E-state index is 5.71. The number of rotatable bonds is 5. The molecular weight excluding hydrogens is 342 g/mol. The highest BCUT2D eigenvalue weighted by atomic mass is 32.2. The third-order valence-electron chi connectivity index (χ3n) is 3.33. The van der Waals surface area contributed by atoms with Crippen molar-refractivity contribution in [3.8, 4) is 22.2 Å². The molecule has 4 aromatic rings. The molecule has 0 aliphatic rings. The second-order valence-electron chi connectivity index (χ2n) is 5.15. The largest absolute Gasteiger partial charge is 0.462 e. The Morgan fingerprint density at radius 1 is 1.12 bits per heavy atom. The van der Waals surface area contributed by atoms with Gasteiger partial charge in [-0.25, -0.2) is 4.98 Å². The Labute approximate surface area is 146 Å². The molecular formula is C17H13N3O2S2. The molecule has 0 saturated carbocycles. The van der Waals surface area contributed by atoms with Crippen molar-refractivity contribution in [2.45, 2.75) is 17.9 Å². The van der Waals surface area contributed by atoms with Crippen molar-refractivity contribution < 1.29 is 8.83 Å². The number of hydrogen-bond donors (Lipinski definition) is 0. The van der Waals surface area contributed by atoms with Crippen LogP contribution in [0.15, 0.2) is 62.1 Å². The zero-order valence-electron chi connectivity index (χ0n) is 12.8. The molecule has 5 nitrogen and oxygen atoms in total. The molecule has 0 saturated heterocycles. The molecule has 0 atom stereocenters. The molecule has 0 N–H and O–H groups in total. The minimum absolute atomic E-state index is 0.534. The fourth-order valence-electron chi connectivity index (χ4n) is 2.10. The lowest BCUT2D eigenvalue weighted by Crippen LogP contribution is -1.81. The van der Waals surface area contributed by atoms with E-state index in [1.54, 1.807) is 17.6 Å². The monoisotopic (exact) mass is 355 g/mol. The lowest BCUT2D eigenvalue weighted by Gasteiger charge is -1.95. The van der Waals surface area contributed by atoms with E-state index in [0.717, 1.165) is 22.0 Å². The van der Waals surface area contributed by atoms with Crippen LogP contribution in [0.4, 0.5) is 0 Å². The van der Waals surface area contributed by atoms with Crippen molar-refractivity contribution in [2.75, 3.05) is 0 Å². The predicted octanol–water partition coefficient (Wildman–Crippen LogP) is 5.05. The number of nitrogens with zero attached hydrogens (tertiary/aromatic N) is 3. The minimum Gasteiger partial charge on any atom is -0.462 e. The molecule has 24 heavy (non-hydrogen) atoms. The minimum atomic E-state index is 0.534. The van der Waals surface area contributed by atoms with Crippen LogP contribution in [-0.4, -0.2) is 15.2 Å². The zero-order valence-corrected chi connectivity index (χ0v) is 14.4. The Bertz CT molecular complexity index is 927. The highest BCUT2D eigenvalue weighted by molar-refractivity contribution is 7.98. The quantitative estimate of drug-likeness (QED) is 0.467. The maximum absolute atomic E-state index is 5.71. The first kappa shape index (κ1) is 15.2. The summed E-state index contributed by atoms with van der Waals surface area (Å²) in [4.78, 5) is 4.56. The predicted molar refractivity (Wildman–Crippen MR) is 93.8 cm³/mol. The highest BCUT2D eigenvalue weighted by Gasteiger charge is 2.11. The van der Waals surface area contributed by atoms with Crippen LogP contribution in [-0.2, 0) is 5.75 Å². The number of hydrogen-bond acceptors (Lipinski definition) is 7. The van der Waals surface area contributed by atoms with Gasteiger partial charge < -0.3 is 8.83 Å². The summed E-state index contributed by atoms with van der Waals surface area (Å²) < 4.78 is 11.1. The van der Waals surface area contributed by atoms with E-state index in [-0.39, 0.29) is 0 Å². The van der Waals surface area contributed by atoms with Crippen molar-refractivity contribution in [3.63, 3.8) is 0 Å². The van der Waals surface area contributed by atoms with Gasteiger partial charge in [0.1, 0.15) is 0 Å². The first-order valence-electron chi connectivity index (χ1n) is 7.29. The van der Waals surface area contributed by atoms with Gasteiger partial charge in [0.05, 0.1) is 12.0 Å². The molecule has 1 aromatic carbocycles.